The maximum absolute atomic E-state index is 5.46. The fraction of sp³-hybridized carbons (Fsp3) is 0.556. The van der Waals surface area contributed by atoms with Gasteiger partial charge in [0.2, 0.25) is 0 Å². The Hall–Kier alpha value is -1.53. The number of aromatic nitrogens is 3. The minimum atomic E-state index is 0.284. The molecule has 5 nitrogen and oxygen atoms in total. The third-order valence-corrected chi connectivity index (χ3v) is 6.05. The second-order valence-electron chi connectivity index (χ2n) is 6.55. The first-order valence-corrected chi connectivity index (χ1v) is 9.71. The fourth-order valence-electron chi connectivity index (χ4n) is 3.72. The van der Waals surface area contributed by atoms with Crippen LogP contribution in [0.15, 0.2) is 23.1 Å². The van der Waals surface area contributed by atoms with Crippen LogP contribution in [0.4, 0.5) is 0 Å². The Labute approximate surface area is 147 Å². The molecule has 128 valence electrons. The molecule has 2 atom stereocenters. The normalized spacial score (nSPS) is 23.2. The van der Waals surface area contributed by atoms with Crippen molar-refractivity contribution in [2.24, 2.45) is 0 Å². The van der Waals surface area contributed by atoms with Crippen molar-refractivity contribution in [3.63, 3.8) is 0 Å². The first kappa shape index (κ1) is 16.0. The van der Waals surface area contributed by atoms with E-state index in [1.165, 1.54) is 22.6 Å². The van der Waals surface area contributed by atoms with E-state index in [0.717, 1.165) is 43.2 Å². The van der Waals surface area contributed by atoms with Crippen LogP contribution in [0.3, 0.4) is 0 Å². The van der Waals surface area contributed by atoms with Crippen LogP contribution in [-0.2, 0) is 6.54 Å². The number of hydrogen-bond acceptors (Lipinski definition) is 5. The summed E-state index contributed by atoms with van der Waals surface area (Å²) in [7, 11) is 1.74. The lowest BCUT2D eigenvalue weighted by atomic mass is 9.98. The maximum Gasteiger partial charge on any atom is 0.147 e. The average molecular weight is 344 g/mol. The van der Waals surface area contributed by atoms with Gasteiger partial charge in [-0.3, -0.25) is 0 Å². The van der Waals surface area contributed by atoms with Crippen LogP contribution in [0.5, 0.6) is 5.75 Å². The number of hydrogen-bond donors (Lipinski definition) is 1. The molecule has 2 aliphatic heterocycles. The predicted octanol–water partition coefficient (Wildman–Crippen LogP) is 3.65. The van der Waals surface area contributed by atoms with E-state index in [1.807, 2.05) is 18.7 Å². The van der Waals surface area contributed by atoms with Crippen LogP contribution < -0.4 is 10.1 Å². The number of aryl methyl sites for hydroxylation is 2. The van der Waals surface area contributed by atoms with Crippen molar-refractivity contribution in [2.75, 3.05) is 12.9 Å². The summed E-state index contributed by atoms with van der Waals surface area (Å²) in [6.45, 7) is 2.96. The second-order valence-corrected chi connectivity index (χ2v) is 7.69. The Kier molecular flexibility index (Phi) is 4.50. The molecule has 2 aromatic rings. The largest absolute Gasteiger partial charge is 0.497 e. The number of fused-ring (bicyclic) bond motifs is 2. The van der Waals surface area contributed by atoms with Gasteiger partial charge in [-0.25, -0.2) is 9.67 Å². The summed E-state index contributed by atoms with van der Waals surface area (Å²) in [5, 5.41) is 8.41. The minimum Gasteiger partial charge on any atom is -0.497 e. The molecule has 0 bridgehead atoms. The van der Waals surface area contributed by atoms with E-state index in [-0.39, 0.29) is 6.04 Å². The summed E-state index contributed by atoms with van der Waals surface area (Å²) >= 11 is 1.96. The van der Waals surface area contributed by atoms with Crippen LogP contribution in [-0.4, -0.2) is 27.6 Å². The summed E-state index contributed by atoms with van der Waals surface area (Å²) in [4.78, 5) is 6.05. The molecule has 0 radical (unpaired) electrons. The quantitative estimate of drug-likeness (QED) is 0.921. The lowest BCUT2D eigenvalue weighted by molar-refractivity contribution is 0.326. The number of nitrogens with one attached hydrogen (secondary N) is 1. The first-order chi connectivity index (χ1) is 11.7. The topological polar surface area (TPSA) is 52.0 Å². The molecule has 24 heavy (non-hydrogen) atoms. The van der Waals surface area contributed by atoms with Crippen molar-refractivity contribution in [3.8, 4) is 5.75 Å². The Morgan fingerprint density at radius 1 is 1.25 bits per heavy atom. The fourth-order valence-corrected chi connectivity index (χ4v) is 4.79. The molecule has 0 amide bonds. The summed E-state index contributed by atoms with van der Waals surface area (Å²) in [6.07, 6.45) is 4.65. The molecular weight excluding hydrogens is 320 g/mol. The molecule has 0 spiro atoms. The SMILES string of the molecule is COc1ccc2c(c1)[C@H](N[C@@H]1CCCn3nc(C)nc31)CCCS2. The standard InChI is InChI=1S/C18H24N4OS/c1-12-19-18-16(5-3-9-22(18)21-12)20-15-6-4-10-24-17-8-7-13(23-2)11-14(15)17/h7-8,11,15-16,20H,3-6,9-10H2,1-2H3/t15-,16-/m1/s1. The minimum absolute atomic E-state index is 0.284. The van der Waals surface area contributed by atoms with Crippen LogP contribution in [0, 0.1) is 6.92 Å². The molecule has 0 saturated heterocycles. The number of nitrogens with zero attached hydrogens (tertiary/aromatic N) is 3. The highest BCUT2D eigenvalue weighted by molar-refractivity contribution is 7.99. The van der Waals surface area contributed by atoms with Crippen LogP contribution in [0.25, 0.3) is 0 Å². The van der Waals surface area contributed by atoms with Gasteiger partial charge in [-0.05, 0) is 62.1 Å². The predicted molar refractivity (Wildman–Crippen MR) is 95.6 cm³/mol. The molecule has 0 saturated carbocycles. The van der Waals surface area contributed by atoms with Gasteiger partial charge in [0.25, 0.3) is 0 Å². The Morgan fingerprint density at radius 2 is 2.12 bits per heavy atom. The highest BCUT2D eigenvalue weighted by Crippen LogP contribution is 2.38. The van der Waals surface area contributed by atoms with Crippen molar-refractivity contribution in [1.29, 1.82) is 0 Å². The maximum atomic E-state index is 5.46. The molecule has 0 fully saturated rings. The van der Waals surface area contributed by atoms with E-state index < -0.39 is 0 Å². The van der Waals surface area contributed by atoms with Gasteiger partial charge in [0.15, 0.2) is 0 Å². The van der Waals surface area contributed by atoms with Gasteiger partial charge in [0.1, 0.15) is 17.4 Å². The van der Waals surface area contributed by atoms with Crippen molar-refractivity contribution in [3.05, 3.63) is 35.4 Å². The molecule has 1 aromatic carbocycles. The van der Waals surface area contributed by atoms with Gasteiger partial charge in [-0.1, -0.05) is 0 Å². The molecule has 1 N–H and O–H groups in total. The van der Waals surface area contributed by atoms with E-state index in [9.17, 15) is 0 Å². The van der Waals surface area contributed by atoms with E-state index in [1.54, 1.807) is 7.11 Å². The molecular formula is C18H24N4OS. The van der Waals surface area contributed by atoms with E-state index >= 15 is 0 Å². The van der Waals surface area contributed by atoms with Gasteiger partial charge in [0, 0.05) is 17.5 Å². The lowest BCUT2D eigenvalue weighted by Crippen LogP contribution is -2.32. The third kappa shape index (κ3) is 3.05. The third-order valence-electron chi connectivity index (χ3n) is 4.87. The molecule has 4 rings (SSSR count). The molecule has 1 aromatic heterocycles. The van der Waals surface area contributed by atoms with Crippen molar-refractivity contribution in [1.82, 2.24) is 20.1 Å². The lowest BCUT2D eigenvalue weighted by Gasteiger charge is -2.28. The second kappa shape index (κ2) is 6.76. The van der Waals surface area contributed by atoms with Gasteiger partial charge in [-0.2, -0.15) is 5.10 Å². The van der Waals surface area contributed by atoms with Crippen molar-refractivity contribution >= 4 is 11.8 Å². The zero-order chi connectivity index (χ0) is 16.5. The molecule has 0 aliphatic carbocycles. The van der Waals surface area contributed by atoms with Crippen LogP contribution in [0.2, 0.25) is 0 Å². The summed E-state index contributed by atoms with van der Waals surface area (Å²) < 4.78 is 7.53. The van der Waals surface area contributed by atoms with Gasteiger partial charge in [0.05, 0.1) is 13.2 Å². The zero-order valence-electron chi connectivity index (χ0n) is 14.3. The van der Waals surface area contributed by atoms with E-state index in [4.69, 9.17) is 4.74 Å². The number of ether oxygens (including phenoxy) is 1. The summed E-state index contributed by atoms with van der Waals surface area (Å²) in [5.41, 5.74) is 1.37. The zero-order valence-corrected chi connectivity index (χ0v) is 15.1. The summed E-state index contributed by atoms with van der Waals surface area (Å²) in [6, 6.07) is 7.09. The van der Waals surface area contributed by atoms with Crippen LogP contribution in [0.1, 0.15) is 55.0 Å². The average Bonchev–Trinajstić information content (AvgIpc) is 2.87. The van der Waals surface area contributed by atoms with E-state index in [2.05, 4.69) is 38.3 Å². The van der Waals surface area contributed by atoms with E-state index in [0.29, 0.717) is 6.04 Å². The summed E-state index contributed by atoms with van der Waals surface area (Å²) in [5.74, 6) is 4.08. The monoisotopic (exact) mass is 344 g/mol. The highest BCUT2D eigenvalue weighted by Gasteiger charge is 2.28. The van der Waals surface area contributed by atoms with Gasteiger partial charge < -0.3 is 10.1 Å². The molecule has 6 heteroatoms. The number of methoxy groups -OCH3 is 1. The molecule has 3 heterocycles. The van der Waals surface area contributed by atoms with Gasteiger partial charge in [-0.15, -0.1) is 11.8 Å². The number of rotatable bonds is 3. The molecule has 2 aliphatic rings. The molecule has 0 unspecified atom stereocenters. The Morgan fingerprint density at radius 3 is 3.00 bits per heavy atom. The van der Waals surface area contributed by atoms with Crippen LogP contribution >= 0.6 is 11.8 Å². The van der Waals surface area contributed by atoms with Crippen molar-refractivity contribution < 1.29 is 4.74 Å². The number of benzene rings is 1. The Balaban J connectivity index is 1.63. The number of thioether (sulfide) groups is 1. The highest BCUT2D eigenvalue weighted by atomic mass is 32.2. The Bertz CT molecular complexity index is 730. The van der Waals surface area contributed by atoms with Gasteiger partial charge >= 0.3 is 0 Å². The van der Waals surface area contributed by atoms with Crippen molar-refractivity contribution in [2.45, 2.75) is 56.1 Å². The first-order valence-electron chi connectivity index (χ1n) is 8.73. The smallest absolute Gasteiger partial charge is 0.147 e.